The van der Waals surface area contributed by atoms with Gasteiger partial charge >= 0.3 is 65.3 Å². The third-order valence-corrected chi connectivity index (χ3v) is 8.06. The van der Waals surface area contributed by atoms with E-state index in [0.717, 1.165) is 27.1 Å². The molecule has 2 saturated carbocycles. The van der Waals surface area contributed by atoms with Crippen LogP contribution in [0.5, 0.6) is 0 Å². The normalized spacial score (nSPS) is 20.5. The number of rotatable bonds is 6. The smallest absolute Gasteiger partial charge is 0.0515 e. The molecule has 0 atom stereocenters. The van der Waals surface area contributed by atoms with Crippen LogP contribution >= 0.6 is 0 Å². The molecule has 0 aromatic carbocycles. The standard InChI is InChI=1S/C13H23O.2C4H9.Al/c14-13(11-7-3-1-4-8-11)12-9-5-2-6-10-12;2*1-4(2)3;/h11-13H,1-10H2;2*4H,1H2,2-3H3;/q-1;;;+1. The van der Waals surface area contributed by atoms with Crippen molar-refractivity contribution < 1.29 is 5.11 Å². The maximum atomic E-state index is 12.2. The fraction of sp³-hybridized carbons (Fsp3) is 1.00. The molecule has 2 fully saturated rings. The van der Waals surface area contributed by atoms with Crippen LogP contribution in [0.4, 0.5) is 0 Å². The summed E-state index contributed by atoms with van der Waals surface area (Å²) < 4.78 is 0. The Morgan fingerprint density at radius 1 is 0.696 bits per heavy atom. The van der Waals surface area contributed by atoms with Crippen molar-refractivity contribution in [1.29, 1.82) is 0 Å². The molecule has 0 bridgehead atoms. The Kier molecular flexibility index (Phi) is 12.0. The van der Waals surface area contributed by atoms with E-state index in [0.29, 0.717) is 11.8 Å². The molecule has 0 aliphatic heterocycles. The minimum Gasteiger partial charge on any atom is -0.852 e. The third kappa shape index (κ3) is 10.2. The summed E-state index contributed by atoms with van der Waals surface area (Å²) in [7, 11) is 0. The van der Waals surface area contributed by atoms with Crippen LogP contribution in [0.2, 0.25) is 10.6 Å². The van der Waals surface area contributed by atoms with Crippen molar-refractivity contribution in [2.75, 3.05) is 0 Å². The van der Waals surface area contributed by atoms with E-state index in [1.807, 2.05) is 0 Å². The maximum Gasteiger partial charge on any atom is -0.0515 e. The molecule has 23 heavy (non-hydrogen) atoms. The molecule has 0 N–H and O–H groups in total. The Morgan fingerprint density at radius 2 is 1.04 bits per heavy atom. The van der Waals surface area contributed by atoms with Gasteiger partial charge in [0.15, 0.2) is 0 Å². The van der Waals surface area contributed by atoms with Crippen LogP contribution in [-0.2, 0) is 0 Å². The van der Waals surface area contributed by atoms with Crippen molar-refractivity contribution in [3.63, 3.8) is 0 Å². The van der Waals surface area contributed by atoms with Crippen molar-refractivity contribution in [3.05, 3.63) is 0 Å². The molecule has 0 aromatic heterocycles. The van der Waals surface area contributed by atoms with Crippen molar-refractivity contribution in [2.45, 2.75) is 109 Å². The van der Waals surface area contributed by atoms with E-state index >= 15 is 0 Å². The first kappa shape index (κ1) is 21.5. The van der Waals surface area contributed by atoms with Crippen LogP contribution in [0.3, 0.4) is 0 Å². The summed E-state index contributed by atoms with van der Waals surface area (Å²) in [6, 6.07) is 0. The Hall–Kier alpha value is 0.492. The van der Waals surface area contributed by atoms with Crippen molar-refractivity contribution in [3.8, 4) is 0 Å². The van der Waals surface area contributed by atoms with Crippen LogP contribution in [-0.4, -0.2) is 21.3 Å². The van der Waals surface area contributed by atoms with Gasteiger partial charge in [0.05, 0.1) is 0 Å². The van der Waals surface area contributed by atoms with Crippen LogP contribution in [0.25, 0.3) is 0 Å². The molecule has 0 amide bonds. The predicted octanol–water partition coefficient (Wildman–Crippen LogP) is 5.72. The summed E-state index contributed by atoms with van der Waals surface area (Å²) in [4.78, 5) is 0. The Morgan fingerprint density at radius 3 is 1.35 bits per heavy atom. The zero-order valence-corrected chi connectivity index (χ0v) is 17.5. The molecule has 1 nitrogen and oxygen atoms in total. The van der Waals surface area contributed by atoms with Gasteiger partial charge in [0.25, 0.3) is 0 Å². The minimum atomic E-state index is -0.212. The molecule has 0 saturated heterocycles. The van der Waals surface area contributed by atoms with Gasteiger partial charge in [-0.05, 0) is 0 Å². The molecule has 0 radical (unpaired) electrons. The minimum absolute atomic E-state index is 0.212. The van der Waals surface area contributed by atoms with Gasteiger partial charge in [0.2, 0.25) is 0 Å². The summed E-state index contributed by atoms with van der Waals surface area (Å²) >= 11 is 0.755. The van der Waals surface area contributed by atoms with Gasteiger partial charge in [-0.2, -0.15) is 0 Å². The van der Waals surface area contributed by atoms with Crippen LogP contribution in [0.1, 0.15) is 91.9 Å². The van der Waals surface area contributed by atoms with Crippen LogP contribution in [0, 0.1) is 23.7 Å². The summed E-state index contributed by atoms with van der Waals surface area (Å²) in [5.41, 5.74) is 0. The van der Waals surface area contributed by atoms with Gasteiger partial charge in [0, 0.05) is 0 Å². The molecule has 2 heteroatoms. The summed E-state index contributed by atoms with van der Waals surface area (Å²) in [6.45, 7) is 9.25. The quantitative estimate of drug-likeness (QED) is 0.569. The second-order valence-electron chi connectivity index (χ2n) is 8.81. The molecular weight excluding hydrogens is 295 g/mol. The third-order valence-electron chi connectivity index (χ3n) is 5.51. The van der Waals surface area contributed by atoms with Crippen molar-refractivity contribution in [1.82, 2.24) is 0 Å². The number of hydrogen-bond acceptors (Lipinski definition) is 1. The molecule has 2 aliphatic rings. The molecule has 2 rings (SSSR count). The molecule has 0 heterocycles. The van der Waals surface area contributed by atoms with Gasteiger partial charge in [0.1, 0.15) is 0 Å². The van der Waals surface area contributed by atoms with Crippen LogP contribution in [0.15, 0.2) is 0 Å². The number of hydrogen-bond donors (Lipinski definition) is 0. The molecule has 0 aromatic rings. The first-order valence-corrected chi connectivity index (χ1v) is 12.1. The van der Waals surface area contributed by atoms with Gasteiger partial charge in [-0.15, -0.1) is 6.10 Å². The molecule has 2 aliphatic carbocycles. The van der Waals surface area contributed by atoms with E-state index in [2.05, 4.69) is 27.7 Å². The predicted molar refractivity (Wildman–Crippen MR) is 102 cm³/mol. The molecule has 0 spiro atoms. The summed E-state index contributed by atoms with van der Waals surface area (Å²) in [5, 5.41) is 15.2. The monoisotopic (exact) mass is 336 g/mol. The van der Waals surface area contributed by atoms with E-state index < -0.39 is 0 Å². The average molecular weight is 337 g/mol. The first-order valence-electron chi connectivity index (χ1n) is 10.5. The van der Waals surface area contributed by atoms with Crippen molar-refractivity contribution in [2.24, 2.45) is 23.7 Å². The van der Waals surface area contributed by atoms with E-state index in [1.54, 1.807) is 0 Å². The molecular formula is C21H41AlO. The second kappa shape index (κ2) is 12.8. The summed E-state index contributed by atoms with van der Waals surface area (Å²) in [6.07, 6.45) is 12.7. The zero-order valence-electron chi connectivity index (χ0n) is 16.4. The fourth-order valence-electron chi connectivity index (χ4n) is 4.07. The molecule has 134 valence electrons. The van der Waals surface area contributed by atoms with Gasteiger partial charge < -0.3 is 5.11 Å². The van der Waals surface area contributed by atoms with Gasteiger partial charge in [-0.1, -0.05) is 76.0 Å². The Labute approximate surface area is 152 Å². The Balaban J connectivity index is 0.000000257. The van der Waals surface area contributed by atoms with E-state index in [9.17, 15) is 5.11 Å². The topological polar surface area (TPSA) is 23.1 Å². The zero-order chi connectivity index (χ0) is 17.1. The average Bonchev–Trinajstić information content (AvgIpc) is 2.56. The summed E-state index contributed by atoms with van der Waals surface area (Å²) in [5.74, 6) is 2.93. The van der Waals surface area contributed by atoms with Gasteiger partial charge in [-0.25, -0.2) is 0 Å². The fourth-order valence-corrected chi connectivity index (χ4v) is 5.60. The molecule has 0 unspecified atom stereocenters. The first-order chi connectivity index (χ1) is 11.0. The van der Waals surface area contributed by atoms with E-state index in [1.165, 1.54) is 74.8 Å². The van der Waals surface area contributed by atoms with Crippen molar-refractivity contribution >= 4 is 15.2 Å². The maximum absolute atomic E-state index is 12.2. The Bertz CT molecular complexity index is 239. The SMILES string of the molecule is CC(C)[CH2][Al+][CH2]C(C)C.[O-]C(C1CCCCC1)C1CCCCC1. The van der Waals surface area contributed by atoms with E-state index in [-0.39, 0.29) is 6.10 Å². The van der Waals surface area contributed by atoms with E-state index in [4.69, 9.17) is 0 Å². The second-order valence-corrected chi connectivity index (χ2v) is 10.3. The largest absolute Gasteiger partial charge is 0.852 e. The van der Waals surface area contributed by atoms with Gasteiger partial charge in [-0.3, -0.25) is 0 Å². The van der Waals surface area contributed by atoms with Crippen LogP contribution < -0.4 is 5.11 Å².